The van der Waals surface area contributed by atoms with Crippen molar-refractivity contribution in [2.75, 3.05) is 14.7 Å². The van der Waals surface area contributed by atoms with Crippen LogP contribution in [0.3, 0.4) is 0 Å². The Bertz CT molecular complexity index is 2440. The summed E-state index contributed by atoms with van der Waals surface area (Å²) in [7, 11) is 0. The SMILES string of the molecule is C#Cc1cc[c-]cc1.CC1C=CN(c2c3nc(c(N4C=CC(C)C=C4)c4ccc([nH]4)c(N4C=CC(C)C=C4)c4nc(cc5ccc2[nH]5)C=C4)C=C3)C=C1.I.I.I.[Zn]. The molecule has 1 aromatic carbocycles. The summed E-state index contributed by atoms with van der Waals surface area (Å²) in [4.78, 5) is 24.3. The molecule has 9 rings (SSSR count). The van der Waals surface area contributed by atoms with E-state index in [4.69, 9.17) is 16.4 Å². The number of H-pyrrole nitrogens is 2. The van der Waals surface area contributed by atoms with Gasteiger partial charge >= 0.3 is 0 Å². The molecule has 4 aromatic rings. The fourth-order valence-electron chi connectivity index (χ4n) is 6.55. The molecule has 3 aromatic heterocycles. The first-order valence-electron chi connectivity index (χ1n) is 17.9. The molecule has 5 aliphatic heterocycles. The number of nitrogens with one attached hydrogen (secondary N) is 2. The summed E-state index contributed by atoms with van der Waals surface area (Å²) in [6, 6.07) is 20.8. The first-order valence-corrected chi connectivity index (χ1v) is 17.9. The molecule has 57 heavy (non-hydrogen) atoms. The molecule has 7 nitrogen and oxygen atoms in total. The van der Waals surface area contributed by atoms with E-state index in [1.807, 2.05) is 12.1 Å². The van der Waals surface area contributed by atoms with Crippen molar-refractivity contribution in [3.63, 3.8) is 0 Å². The Morgan fingerprint density at radius 3 is 1.40 bits per heavy atom. The van der Waals surface area contributed by atoms with Crippen LogP contribution >= 0.6 is 71.9 Å². The number of rotatable bonds is 3. The second-order valence-electron chi connectivity index (χ2n) is 13.6. The predicted octanol–water partition coefficient (Wildman–Crippen LogP) is 12.4. The van der Waals surface area contributed by atoms with Crippen LogP contribution in [0.4, 0.5) is 17.1 Å². The van der Waals surface area contributed by atoms with Gasteiger partial charge in [0.1, 0.15) is 0 Å². The first kappa shape index (κ1) is 45.7. The zero-order valence-electron chi connectivity index (χ0n) is 31.9. The summed E-state index contributed by atoms with van der Waals surface area (Å²) in [6.45, 7) is 6.55. The van der Waals surface area contributed by atoms with Crippen molar-refractivity contribution in [3.05, 3.63) is 163 Å². The van der Waals surface area contributed by atoms with Crippen molar-refractivity contribution in [3.8, 4) is 12.3 Å². The minimum Gasteiger partial charge on any atom is -0.354 e. The molecule has 0 saturated heterocycles. The number of anilines is 3. The quantitative estimate of drug-likeness (QED) is 0.0800. The molecule has 0 radical (unpaired) electrons. The van der Waals surface area contributed by atoms with Crippen molar-refractivity contribution in [2.45, 2.75) is 20.8 Å². The molecule has 8 bridgehead atoms. The number of nitrogens with zero attached hydrogens (tertiary/aromatic N) is 5. The van der Waals surface area contributed by atoms with Crippen molar-refractivity contribution >= 4 is 135 Å². The predicted molar refractivity (Wildman–Crippen MR) is 268 cm³/mol. The molecule has 0 spiro atoms. The van der Waals surface area contributed by atoms with Gasteiger partial charge in [0.15, 0.2) is 0 Å². The van der Waals surface area contributed by atoms with Crippen LogP contribution in [0, 0.1) is 36.2 Å². The zero-order chi connectivity index (χ0) is 36.3. The van der Waals surface area contributed by atoms with Crippen molar-refractivity contribution in [1.82, 2.24) is 19.9 Å². The molecule has 0 fully saturated rings. The van der Waals surface area contributed by atoms with Crippen LogP contribution in [0.15, 0.2) is 128 Å². The third-order valence-corrected chi connectivity index (χ3v) is 9.45. The molecule has 286 valence electrons. The number of hydrogen-bond donors (Lipinski definition) is 2. The van der Waals surface area contributed by atoms with E-state index in [2.05, 4.69) is 186 Å². The maximum atomic E-state index is 5.29. The maximum Gasteiger partial charge on any atom is 0.0947 e. The first-order chi connectivity index (χ1) is 25.9. The van der Waals surface area contributed by atoms with Gasteiger partial charge in [0.05, 0.1) is 56.4 Å². The average molecular weight is 1140 g/mol. The molecular formula is C46H43I3N7Zn-. The second kappa shape index (κ2) is 20.6. The van der Waals surface area contributed by atoms with Crippen LogP contribution in [0.5, 0.6) is 0 Å². The van der Waals surface area contributed by atoms with E-state index >= 15 is 0 Å². The van der Waals surface area contributed by atoms with Gasteiger partial charge in [-0.3, -0.25) is 0 Å². The molecule has 5 aliphatic rings. The molecule has 0 amide bonds. The van der Waals surface area contributed by atoms with Crippen LogP contribution < -0.4 is 14.7 Å². The zero-order valence-corrected chi connectivity index (χ0v) is 41.9. The molecule has 11 heteroatoms. The van der Waals surface area contributed by atoms with Gasteiger partial charge in [-0.2, -0.15) is 30.3 Å². The molecule has 8 heterocycles. The van der Waals surface area contributed by atoms with Gasteiger partial charge in [-0.1, -0.05) is 68.7 Å². The Balaban J connectivity index is 0.000000540. The van der Waals surface area contributed by atoms with Crippen LogP contribution in [-0.2, 0) is 19.5 Å². The number of hydrogen-bond acceptors (Lipinski definition) is 5. The minimum absolute atomic E-state index is 0. The number of fused-ring (bicyclic) bond motifs is 8. The van der Waals surface area contributed by atoms with Crippen LogP contribution in [0.1, 0.15) is 49.1 Å². The van der Waals surface area contributed by atoms with E-state index in [0.29, 0.717) is 17.8 Å². The largest absolute Gasteiger partial charge is 0.354 e. The van der Waals surface area contributed by atoms with Gasteiger partial charge in [0.25, 0.3) is 0 Å². The van der Waals surface area contributed by atoms with Gasteiger partial charge in [0, 0.05) is 62.2 Å². The van der Waals surface area contributed by atoms with Gasteiger partial charge in [-0.15, -0.1) is 78.4 Å². The number of benzene rings is 1. The van der Waals surface area contributed by atoms with Crippen LogP contribution in [0.25, 0.3) is 46.4 Å². The van der Waals surface area contributed by atoms with Crippen molar-refractivity contribution in [1.29, 1.82) is 0 Å². The Morgan fingerprint density at radius 1 is 0.561 bits per heavy atom. The van der Waals surface area contributed by atoms with E-state index in [0.717, 1.165) is 67.5 Å². The molecular weight excluding hydrogens is 1100 g/mol. The average Bonchev–Trinajstić information content (AvgIpc) is 4.02. The number of aromatic amines is 2. The Kier molecular flexibility index (Phi) is 16.6. The third-order valence-electron chi connectivity index (χ3n) is 9.45. The van der Waals surface area contributed by atoms with E-state index in [1.165, 1.54) is 0 Å². The monoisotopic (exact) mass is 1140 g/mol. The molecule has 2 N–H and O–H groups in total. The van der Waals surface area contributed by atoms with Gasteiger partial charge in [0.2, 0.25) is 0 Å². The topological polar surface area (TPSA) is 67.1 Å². The number of allylic oxidation sites excluding steroid dienone is 6. The fraction of sp³-hybridized carbons (Fsp3) is 0.130. The summed E-state index contributed by atoms with van der Waals surface area (Å²) < 4.78 is 0. The Hall–Kier alpha value is -3.97. The van der Waals surface area contributed by atoms with Crippen molar-refractivity contribution < 1.29 is 19.5 Å². The van der Waals surface area contributed by atoms with Crippen molar-refractivity contribution in [2.24, 2.45) is 17.8 Å². The summed E-state index contributed by atoms with van der Waals surface area (Å²) in [5.41, 5.74) is 11.3. The summed E-state index contributed by atoms with van der Waals surface area (Å²) in [6.07, 6.45) is 39.5. The molecule has 0 unspecified atom stereocenters. The fourth-order valence-corrected chi connectivity index (χ4v) is 6.55. The third kappa shape index (κ3) is 10.4. The maximum absolute atomic E-state index is 5.29. The van der Waals surface area contributed by atoms with E-state index in [1.54, 1.807) is 12.1 Å². The van der Waals surface area contributed by atoms with Crippen LogP contribution in [0.2, 0.25) is 0 Å². The molecule has 0 aliphatic carbocycles. The molecule has 0 atom stereocenters. The minimum atomic E-state index is 0. The summed E-state index contributed by atoms with van der Waals surface area (Å²) in [5, 5.41) is 0. The summed E-state index contributed by atoms with van der Waals surface area (Å²) >= 11 is 0. The smallest absolute Gasteiger partial charge is 0.0947 e. The van der Waals surface area contributed by atoms with Gasteiger partial charge in [-0.05, 0) is 72.4 Å². The Labute approximate surface area is 399 Å². The standard InChI is InChI=1S/C38H35N7.C8H5.3HI.Zn/c1-25-12-18-43(19-13-25)36-30-6-4-28(39-30)24-29-5-7-31(40-29)37(44-20-14-26(2)15-21-44)33-9-11-35(42-33)38(34-10-8-32(36)41-34)45-22-16-27(3)17-23-45;1-2-8-6-4-3-5-7-8;;;;/h4-27,39,42H,1-3H3;1,4-7H;3*1H;/q;-1;;;;. The van der Waals surface area contributed by atoms with Crippen LogP contribution in [-0.4, -0.2) is 19.9 Å². The number of terminal acetylenes is 1. The molecule has 0 saturated carbocycles. The van der Waals surface area contributed by atoms with E-state index < -0.39 is 0 Å². The summed E-state index contributed by atoms with van der Waals surface area (Å²) in [5.74, 6) is 3.63. The number of halogens is 3. The normalized spacial score (nSPS) is 15.2. The van der Waals surface area contributed by atoms with Gasteiger partial charge < -0.3 is 24.7 Å². The van der Waals surface area contributed by atoms with E-state index in [-0.39, 0.29) is 91.4 Å². The van der Waals surface area contributed by atoms with E-state index in [9.17, 15) is 0 Å². The number of aromatic nitrogens is 4. The second-order valence-corrected chi connectivity index (χ2v) is 13.6. The van der Waals surface area contributed by atoms with Gasteiger partial charge in [-0.25, -0.2) is 9.97 Å². The Morgan fingerprint density at radius 2 is 0.965 bits per heavy atom.